The van der Waals surface area contributed by atoms with Gasteiger partial charge in [0, 0.05) is 16.5 Å². The van der Waals surface area contributed by atoms with Crippen LogP contribution in [0.25, 0.3) is 22.1 Å². The summed E-state index contributed by atoms with van der Waals surface area (Å²) in [5.74, 6) is 0.367. The van der Waals surface area contributed by atoms with E-state index in [4.69, 9.17) is 0 Å². The highest BCUT2D eigenvalue weighted by Gasteiger charge is 2.09. The van der Waals surface area contributed by atoms with E-state index in [-0.39, 0.29) is 0 Å². The summed E-state index contributed by atoms with van der Waals surface area (Å²) in [6, 6.07) is 8.28. The molecule has 2 N–H and O–H groups in total. The molecule has 0 amide bonds. The molecule has 4 rings (SSSR count). The maximum absolute atomic E-state index is 4.44. The molecule has 3 aromatic heterocycles. The lowest BCUT2D eigenvalue weighted by Crippen LogP contribution is -1.98. The lowest BCUT2D eigenvalue weighted by molar-refractivity contribution is 1.01. The Kier molecular flexibility index (Phi) is 3.47. The Morgan fingerprint density at radius 3 is 3.09 bits per heavy atom. The zero-order valence-electron chi connectivity index (χ0n) is 12.4. The van der Waals surface area contributed by atoms with Crippen molar-refractivity contribution in [3.05, 3.63) is 46.2 Å². The highest BCUT2D eigenvalue weighted by Crippen LogP contribution is 2.23. The fourth-order valence-corrected chi connectivity index (χ4v) is 3.01. The van der Waals surface area contributed by atoms with E-state index in [0.29, 0.717) is 11.6 Å². The van der Waals surface area contributed by atoms with Crippen molar-refractivity contribution in [2.45, 2.75) is 13.3 Å². The van der Waals surface area contributed by atoms with Crippen LogP contribution < -0.4 is 5.43 Å². The van der Waals surface area contributed by atoms with Crippen LogP contribution >= 0.6 is 11.3 Å². The Bertz CT molecular complexity index is 987. The highest BCUT2D eigenvalue weighted by molar-refractivity contribution is 7.08. The van der Waals surface area contributed by atoms with E-state index < -0.39 is 0 Å². The van der Waals surface area contributed by atoms with Crippen molar-refractivity contribution in [1.82, 2.24) is 20.2 Å². The number of thiophene rings is 1. The number of aryl methyl sites for hydroxylation is 1. The quantitative estimate of drug-likeness (QED) is 0.445. The third kappa shape index (κ3) is 2.66. The summed E-state index contributed by atoms with van der Waals surface area (Å²) in [4.78, 5) is 7.71. The van der Waals surface area contributed by atoms with Gasteiger partial charge >= 0.3 is 0 Å². The molecule has 1 aromatic carbocycles. The maximum atomic E-state index is 4.44. The number of benzene rings is 1. The molecule has 7 heteroatoms. The predicted octanol–water partition coefficient (Wildman–Crippen LogP) is 3.58. The predicted molar refractivity (Wildman–Crippen MR) is 94.1 cm³/mol. The Balaban J connectivity index is 1.66. The molecule has 0 radical (unpaired) electrons. The van der Waals surface area contributed by atoms with Crippen molar-refractivity contribution in [2.24, 2.45) is 5.10 Å². The molecule has 0 unspecified atom stereocenters. The van der Waals surface area contributed by atoms with Gasteiger partial charge in [-0.25, -0.2) is 5.43 Å². The van der Waals surface area contributed by atoms with Gasteiger partial charge < -0.3 is 4.98 Å². The van der Waals surface area contributed by atoms with Gasteiger partial charge in [0.25, 0.3) is 5.95 Å². The molecule has 0 atom stereocenters. The van der Waals surface area contributed by atoms with Crippen molar-refractivity contribution < 1.29 is 0 Å². The van der Waals surface area contributed by atoms with E-state index >= 15 is 0 Å². The first-order chi connectivity index (χ1) is 11.3. The summed E-state index contributed by atoms with van der Waals surface area (Å²) in [7, 11) is 0. The number of fused-ring (bicyclic) bond motifs is 3. The van der Waals surface area contributed by atoms with Crippen molar-refractivity contribution >= 4 is 45.6 Å². The largest absolute Gasteiger partial charge is 0.338 e. The van der Waals surface area contributed by atoms with Gasteiger partial charge in [-0.1, -0.05) is 13.0 Å². The number of nitrogens with one attached hydrogen (secondary N) is 2. The molecule has 0 saturated carbocycles. The standard InChI is InChI=1S/C16H14N6S/c1-2-10-3-4-13-12(7-10)14-15(18-13)19-16(22-20-14)21-17-8-11-5-6-23-9-11/h3-9H,2H2,1H3,(H2,18,19,21,22)/b17-8+. The molecule has 23 heavy (non-hydrogen) atoms. The monoisotopic (exact) mass is 322 g/mol. The fourth-order valence-electron chi connectivity index (χ4n) is 2.40. The van der Waals surface area contributed by atoms with Gasteiger partial charge in [0.1, 0.15) is 5.52 Å². The minimum absolute atomic E-state index is 0.367. The van der Waals surface area contributed by atoms with Crippen LogP contribution in [0.5, 0.6) is 0 Å². The van der Waals surface area contributed by atoms with Crippen LogP contribution in [0.3, 0.4) is 0 Å². The fraction of sp³-hybridized carbons (Fsp3) is 0.125. The molecular weight excluding hydrogens is 308 g/mol. The van der Waals surface area contributed by atoms with Crippen LogP contribution in [-0.2, 0) is 6.42 Å². The molecule has 4 aromatic rings. The molecule has 114 valence electrons. The summed E-state index contributed by atoms with van der Waals surface area (Å²) in [5.41, 5.74) is 7.61. The number of hydrogen-bond acceptors (Lipinski definition) is 6. The number of rotatable bonds is 4. The van der Waals surface area contributed by atoms with E-state index in [9.17, 15) is 0 Å². The number of aromatic nitrogens is 4. The SMILES string of the molecule is CCc1ccc2[nH]c3nc(N/N=C/c4ccsc4)nnc3c2c1. The number of hydrogen-bond donors (Lipinski definition) is 2. The Hall–Kier alpha value is -2.80. The Labute approximate surface area is 136 Å². The normalized spacial score (nSPS) is 11.7. The number of nitrogens with zero attached hydrogens (tertiary/aromatic N) is 4. The van der Waals surface area contributed by atoms with Gasteiger partial charge in [-0.15, -0.1) is 10.2 Å². The average Bonchev–Trinajstić information content (AvgIpc) is 3.21. The van der Waals surface area contributed by atoms with Crippen LogP contribution in [0, 0.1) is 0 Å². The van der Waals surface area contributed by atoms with Crippen molar-refractivity contribution in [3.63, 3.8) is 0 Å². The Morgan fingerprint density at radius 2 is 2.26 bits per heavy atom. The highest BCUT2D eigenvalue weighted by atomic mass is 32.1. The molecule has 0 bridgehead atoms. The van der Waals surface area contributed by atoms with Gasteiger partial charge in [-0.2, -0.15) is 21.4 Å². The van der Waals surface area contributed by atoms with Crippen molar-refractivity contribution in [3.8, 4) is 0 Å². The van der Waals surface area contributed by atoms with Gasteiger partial charge in [-0.05, 0) is 40.9 Å². The first-order valence-electron chi connectivity index (χ1n) is 7.30. The van der Waals surface area contributed by atoms with E-state index in [1.54, 1.807) is 17.6 Å². The van der Waals surface area contributed by atoms with Crippen LogP contribution in [0.1, 0.15) is 18.1 Å². The second-order valence-electron chi connectivity index (χ2n) is 5.12. The van der Waals surface area contributed by atoms with Crippen LogP contribution in [0.2, 0.25) is 0 Å². The smallest absolute Gasteiger partial charge is 0.265 e. The Morgan fingerprint density at radius 1 is 1.30 bits per heavy atom. The molecule has 0 fully saturated rings. The minimum atomic E-state index is 0.367. The lowest BCUT2D eigenvalue weighted by Gasteiger charge is -1.97. The first kappa shape index (κ1) is 13.8. The third-order valence-corrected chi connectivity index (χ3v) is 4.31. The zero-order chi connectivity index (χ0) is 15.6. The summed E-state index contributed by atoms with van der Waals surface area (Å²) in [6.45, 7) is 2.13. The van der Waals surface area contributed by atoms with Crippen LogP contribution in [0.15, 0.2) is 40.1 Å². The average molecular weight is 322 g/mol. The molecule has 0 saturated heterocycles. The van der Waals surface area contributed by atoms with E-state index in [2.05, 4.69) is 55.8 Å². The van der Waals surface area contributed by atoms with Crippen LogP contribution in [-0.4, -0.2) is 26.4 Å². The second-order valence-corrected chi connectivity index (χ2v) is 5.90. The topological polar surface area (TPSA) is 78.9 Å². The molecule has 3 heterocycles. The molecule has 6 nitrogen and oxygen atoms in total. The van der Waals surface area contributed by atoms with Gasteiger partial charge in [0.2, 0.25) is 0 Å². The van der Waals surface area contributed by atoms with E-state index in [0.717, 1.165) is 28.4 Å². The summed E-state index contributed by atoms with van der Waals surface area (Å²) in [5, 5.41) is 17.6. The molecule has 0 spiro atoms. The van der Waals surface area contributed by atoms with Gasteiger partial charge in [0.05, 0.1) is 6.21 Å². The van der Waals surface area contributed by atoms with E-state index in [1.807, 2.05) is 16.8 Å². The molecular formula is C16H14N6S. The van der Waals surface area contributed by atoms with Crippen molar-refractivity contribution in [2.75, 3.05) is 5.43 Å². The second kappa shape index (κ2) is 5.77. The summed E-state index contributed by atoms with van der Waals surface area (Å²) < 4.78 is 0. The molecule has 0 aliphatic carbocycles. The third-order valence-electron chi connectivity index (χ3n) is 3.61. The van der Waals surface area contributed by atoms with Gasteiger partial charge in [0.15, 0.2) is 5.65 Å². The summed E-state index contributed by atoms with van der Waals surface area (Å²) in [6.07, 6.45) is 2.71. The van der Waals surface area contributed by atoms with Gasteiger partial charge in [-0.3, -0.25) is 0 Å². The minimum Gasteiger partial charge on any atom is -0.338 e. The van der Waals surface area contributed by atoms with Crippen LogP contribution in [0.4, 0.5) is 5.95 Å². The lowest BCUT2D eigenvalue weighted by atomic mass is 10.1. The summed E-state index contributed by atoms with van der Waals surface area (Å²) >= 11 is 1.63. The van der Waals surface area contributed by atoms with Crippen molar-refractivity contribution in [1.29, 1.82) is 0 Å². The number of H-pyrrole nitrogens is 1. The number of anilines is 1. The number of hydrazone groups is 1. The maximum Gasteiger partial charge on any atom is 0.265 e. The zero-order valence-corrected chi connectivity index (χ0v) is 13.3. The molecule has 0 aliphatic rings. The van der Waals surface area contributed by atoms with E-state index in [1.165, 1.54) is 5.56 Å². The molecule has 0 aliphatic heterocycles. The first-order valence-corrected chi connectivity index (χ1v) is 8.24. The number of aromatic amines is 1.